The third-order valence-corrected chi connectivity index (χ3v) is 4.49. The van der Waals surface area contributed by atoms with Crippen molar-refractivity contribution in [2.45, 2.75) is 30.7 Å². The van der Waals surface area contributed by atoms with Crippen molar-refractivity contribution in [1.29, 1.82) is 0 Å². The Morgan fingerprint density at radius 2 is 1.81 bits per heavy atom. The molecule has 172 valence electrons. The molecule has 0 bridgehead atoms. The summed E-state index contributed by atoms with van der Waals surface area (Å²) in [6.45, 7) is -1.41. The second-order valence-electron chi connectivity index (χ2n) is 6.74. The van der Waals surface area contributed by atoms with Gasteiger partial charge in [0.25, 0.3) is 0 Å². The molecule has 0 aromatic heterocycles. The third-order valence-electron chi connectivity index (χ3n) is 4.49. The molecule has 0 saturated carbocycles. The minimum absolute atomic E-state index is 0.212. The van der Waals surface area contributed by atoms with Crippen molar-refractivity contribution in [2.24, 2.45) is 0 Å². The van der Waals surface area contributed by atoms with E-state index in [1.165, 1.54) is 30.4 Å². The molecule has 5 atom stereocenters. The summed E-state index contributed by atoms with van der Waals surface area (Å²) in [6.07, 6.45) is -3.72. The van der Waals surface area contributed by atoms with Crippen molar-refractivity contribution >= 4 is 12.0 Å². The van der Waals surface area contributed by atoms with Crippen LogP contribution in [0.15, 0.2) is 35.9 Å². The van der Waals surface area contributed by atoms with Crippen molar-refractivity contribution in [3.63, 3.8) is 0 Å². The first-order valence-corrected chi connectivity index (χ1v) is 9.34. The van der Waals surface area contributed by atoms with Crippen molar-refractivity contribution < 1.29 is 54.8 Å². The lowest BCUT2D eigenvalue weighted by molar-refractivity contribution is -0.299. The molecule has 0 unspecified atom stereocenters. The fourth-order valence-corrected chi connectivity index (χ4v) is 2.70. The Bertz CT molecular complexity index is 791. The SMILES string of the molecule is O=C(/C=C/c1ccc(O)c(O)c1)OC[C@H]1O[C@@H](OC/C(=C/CO)CO)[C@H](O)[C@@H](O)[C@@H]1O. The average Bonchev–Trinajstić information content (AvgIpc) is 2.76. The largest absolute Gasteiger partial charge is 0.504 e. The Morgan fingerprint density at radius 3 is 2.45 bits per heavy atom. The molecule has 1 aromatic carbocycles. The van der Waals surface area contributed by atoms with Crippen LogP contribution >= 0.6 is 0 Å². The minimum Gasteiger partial charge on any atom is -0.504 e. The number of hydrogen-bond acceptors (Lipinski definition) is 11. The number of ether oxygens (including phenoxy) is 3. The lowest BCUT2D eigenvalue weighted by Gasteiger charge is -2.40. The molecule has 0 radical (unpaired) electrons. The van der Waals surface area contributed by atoms with Crippen LogP contribution in [0, 0.1) is 0 Å². The van der Waals surface area contributed by atoms with E-state index < -0.39 is 49.9 Å². The highest BCUT2D eigenvalue weighted by molar-refractivity contribution is 5.87. The van der Waals surface area contributed by atoms with E-state index in [2.05, 4.69) is 0 Å². The van der Waals surface area contributed by atoms with Gasteiger partial charge in [-0.2, -0.15) is 0 Å². The van der Waals surface area contributed by atoms with Gasteiger partial charge in [-0.05, 0) is 29.3 Å². The molecular weight excluding hydrogens is 416 g/mol. The van der Waals surface area contributed by atoms with E-state index in [1.54, 1.807) is 0 Å². The summed E-state index contributed by atoms with van der Waals surface area (Å²) in [6, 6.07) is 3.94. The molecule has 0 aliphatic carbocycles. The Kier molecular flexibility index (Phi) is 9.40. The van der Waals surface area contributed by atoms with Crippen LogP contribution in [0.25, 0.3) is 6.08 Å². The Hall–Kier alpha value is -2.51. The van der Waals surface area contributed by atoms with E-state index in [0.717, 1.165) is 6.08 Å². The molecule has 7 N–H and O–H groups in total. The number of phenolic OH excluding ortho intramolecular Hbond substituents is 2. The maximum atomic E-state index is 11.9. The van der Waals surface area contributed by atoms with Gasteiger partial charge in [0.2, 0.25) is 0 Å². The van der Waals surface area contributed by atoms with Crippen LogP contribution in [0.5, 0.6) is 11.5 Å². The van der Waals surface area contributed by atoms with Gasteiger partial charge in [0, 0.05) is 6.08 Å². The van der Waals surface area contributed by atoms with E-state index >= 15 is 0 Å². The second-order valence-corrected chi connectivity index (χ2v) is 6.74. The Morgan fingerprint density at radius 1 is 1.06 bits per heavy atom. The van der Waals surface area contributed by atoms with Gasteiger partial charge < -0.3 is 50.0 Å². The van der Waals surface area contributed by atoms with Gasteiger partial charge in [-0.1, -0.05) is 12.1 Å². The summed E-state index contributed by atoms with van der Waals surface area (Å²) in [4.78, 5) is 11.9. The Balaban J connectivity index is 1.92. The number of esters is 1. The standard InChI is InChI=1S/C20H26O11/c21-6-5-12(8-22)9-30-20-19(28)18(27)17(26)15(31-20)10-29-16(25)4-2-11-1-3-13(23)14(24)7-11/h1-5,7,15,17-24,26-28H,6,8-10H2/b4-2+,12-5+/t15-,17-,18+,19-,20-/m1/s1. The van der Waals surface area contributed by atoms with E-state index in [9.17, 15) is 30.3 Å². The number of benzene rings is 1. The first-order chi connectivity index (χ1) is 14.8. The van der Waals surface area contributed by atoms with Gasteiger partial charge in [0.1, 0.15) is 31.0 Å². The number of carbonyl (C=O) groups excluding carboxylic acids is 1. The molecule has 11 nitrogen and oxygen atoms in total. The van der Waals surface area contributed by atoms with Crippen LogP contribution in [0.1, 0.15) is 5.56 Å². The van der Waals surface area contributed by atoms with Crippen molar-refractivity contribution in [3.8, 4) is 11.5 Å². The highest BCUT2D eigenvalue weighted by Crippen LogP contribution is 2.25. The first kappa shape index (κ1) is 24.8. The number of aromatic hydroxyl groups is 2. The molecule has 1 heterocycles. The predicted molar refractivity (Wildman–Crippen MR) is 105 cm³/mol. The van der Waals surface area contributed by atoms with Crippen LogP contribution in [0.2, 0.25) is 0 Å². The normalized spacial score (nSPS) is 26.9. The number of rotatable bonds is 9. The molecule has 31 heavy (non-hydrogen) atoms. The molecule has 1 saturated heterocycles. The summed E-state index contributed by atoms with van der Waals surface area (Å²) < 4.78 is 15.7. The summed E-state index contributed by atoms with van der Waals surface area (Å²) >= 11 is 0. The number of aliphatic hydroxyl groups excluding tert-OH is 5. The maximum Gasteiger partial charge on any atom is 0.330 e. The monoisotopic (exact) mass is 442 g/mol. The summed E-state index contributed by atoms with van der Waals surface area (Å²) in [7, 11) is 0. The second kappa shape index (κ2) is 11.8. The zero-order valence-corrected chi connectivity index (χ0v) is 16.4. The van der Waals surface area contributed by atoms with Gasteiger partial charge in [-0.15, -0.1) is 0 Å². The summed E-state index contributed by atoms with van der Waals surface area (Å²) in [5.41, 5.74) is 0.733. The quantitative estimate of drug-likeness (QED) is 0.101. The number of carbonyl (C=O) groups is 1. The predicted octanol–water partition coefficient (Wildman–Crippen LogP) is -1.61. The van der Waals surface area contributed by atoms with Crippen LogP contribution in [-0.2, 0) is 19.0 Å². The summed E-state index contributed by atoms with van der Waals surface area (Å²) in [5.74, 6) is -1.47. The van der Waals surface area contributed by atoms with Crippen LogP contribution < -0.4 is 0 Å². The van der Waals surface area contributed by atoms with Gasteiger partial charge in [0.15, 0.2) is 17.8 Å². The number of phenols is 2. The lowest BCUT2D eigenvalue weighted by atomic mass is 9.99. The van der Waals surface area contributed by atoms with Crippen LogP contribution in [0.3, 0.4) is 0 Å². The zero-order valence-electron chi connectivity index (χ0n) is 16.4. The molecule has 1 aromatic rings. The number of hydrogen-bond donors (Lipinski definition) is 7. The van der Waals surface area contributed by atoms with E-state index in [1.807, 2.05) is 0 Å². The van der Waals surface area contributed by atoms with E-state index in [4.69, 9.17) is 24.4 Å². The minimum atomic E-state index is -1.64. The van der Waals surface area contributed by atoms with E-state index in [0.29, 0.717) is 11.1 Å². The lowest BCUT2D eigenvalue weighted by Crippen LogP contribution is -2.59. The van der Waals surface area contributed by atoms with Crippen LogP contribution in [0.4, 0.5) is 0 Å². The molecule has 2 rings (SSSR count). The third kappa shape index (κ3) is 7.01. The Labute approximate surface area is 177 Å². The molecule has 1 aliphatic rings. The molecular formula is C20H26O11. The molecule has 11 heteroatoms. The zero-order chi connectivity index (χ0) is 23.0. The molecule has 0 spiro atoms. The summed E-state index contributed by atoms with van der Waals surface area (Å²) in [5, 5.41) is 66.8. The number of aliphatic hydroxyl groups is 5. The fraction of sp³-hybridized carbons (Fsp3) is 0.450. The van der Waals surface area contributed by atoms with Crippen molar-refractivity contribution in [1.82, 2.24) is 0 Å². The van der Waals surface area contributed by atoms with E-state index in [-0.39, 0.29) is 24.7 Å². The molecule has 0 amide bonds. The van der Waals surface area contributed by atoms with Crippen molar-refractivity contribution in [2.75, 3.05) is 26.4 Å². The highest BCUT2D eigenvalue weighted by atomic mass is 16.7. The average molecular weight is 442 g/mol. The highest BCUT2D eigenvalue weighted by Gasteiger charge is 2.44. The van der Waals surface area contributed by atoms with Gasteiger partial charge in [-0.3, -0.25) is 0 Å². The van der Waals surface area contributed by atoms with Gasteiger partial charge >= 0.3 is 5.97 Å². The molecule has 1 fully saturated rings. The topological polar surface area (TPSA) is 186 Å². The first-order valence-electron chi connectivity index (χ1n) is 9.34. The van der Waals surface area contributed by atoms with Crippen LogP contribution in [-0.4, -0.2) is 98.8 Å². The van der Waals surface area contributed by atoms with Gasteiger partial charge in [0.05, 0.1) is 19.8 Å². The maximum absolute atomic E-state index is 11.9. The smallest absolute Gasteiger partial charge is 0.330 e. The van der Waals surface area contributed by atoms with Crippen molar-refractivity contribution in [3.05, 3.63) is 41.5 Å². The van der Waals surface area contributed by atoms with Gasteiger partial charge in [-0.25, -0.2) is 4.79 Å². The fourth-order valence-electron chi connectivity index (χ4n) is 2.70. The molecule has 1 aliphatic heterocycles.